The maximum absolute atomic E-state index is 12.5. The topological polar surface area (TPSA) is 87.7 Å². The number of aromatic nitrogens is 5. The molecule has 0 aliphatic heterocycles. The number of hydrogen-bond donors (Lipinski definition) is 1. The second-order valence-electron chi connectivity index (χ2n) is 4.75. The molecular formula is C14H14N6O. The van der Waals surface area contributed by atoms with Crippen molar-refractivity contribution in [1.29, 1.82) is 0 Å². The molecule has 0 aliphatic rings. The number of carbonyl (C=O) groups excluding carboxylic acids is 1. The van der Waals surface area contributed by atoms with Crippen LogP contribution in [-0.2, 0) is 0 Å². The van der Waals surface area contributed by atoms with Crippen LogP contribution in [0.5, 0.6) is 0 Å². The summed E-state index contributed by atoms with van der Waals surface area (Å²) in [4.78, 5) is 22.3. The van der Waals surface area contributed by atoms with Gasteiger partial charge < -0.3 is 4.90 Å². The molecule has 0 spiro atoms. The fraction of sp³-hybridized carbons (Fsp3) is 0.214. The Labute approximate surface area is 121 Å². The minimum Gasteiger partial charge on any atom is -0.333 e. The lowest BCUT2D eigenvalue weighted by Gasteiger charge is -2.24. The molecule has 2 heterocycles. The van der Waals surface area contributed by atoms with E-state index in [2.05, 4.69) is 25.4 Å². The van der Waals surface area contributed by atoms with Crippen LogP contribution in [0.15, 0.2) is 36.8 Å². The average Bonchev–Trinajstić information content (AvgIpc) is 3.01. The summed E-state index contributed by atoms with van der Waals surface area (Å²) in [6.07, 6.45) is 3.14. The van der Waals surface area contributed by atoms with Crippen molar-refractivity contribution in [3.05, 3.63) is 48.0 Å². The molecule has 0 radical (unpaired) electrons. The summed E-state index contributed by atoms with van der Waals surface area (Å²) in [5, 5.41) is 10.5. The highest BCUT2D eigenvalue weighted by Crippen LogP contribution is 2.19. The molecule has 1 atom stereocenters. The van der Waals surface area contributed by atoms with E-state index in [1.54, 1.807) is 42.4 Å². The SMILES string of the molecule is C[C@H](c1ccncn1)N(C)C(=O)c1ccc2n[nH]nc2c1. The highest BCUT2D eigenvalue weighted by molar-refractivity contribution is 5.97. The zero-order valence-electron chi connectivity index (χ0n) is 11.7. The molecule has 7 nitrogen and oxygen atoms in total. The molecule has 7 heteroatoms. The van der Waals surface area contributed by atoms with Crippen LogP contribution in [0, 0.1) is 0 Å². The van der Waals surface area contributed by atoms with Crippen LogP contribution in [0.3, 0.4) is 0 Å². The molecular weight excluding hydrogens is 268 g/mol. The van der Waals surface area contributed by atoms with Crippen molar-refractivity contribution in [1.82, 2.24) is 30.3 Å². The molecule has 3 rings (SSSR count). The van der Waals surface area contributed by atoms with Crippen molar-refractivity contribution >= 4 is 16.9 Å². The Balaban J connectivity index is 1.86. The maximum atomic E-state index is 12.5. The van der Waals surface area contributed by atoms with Gasteiger partial charge in [0, 0.05) is 18.8 Å². The van der Waals surface area contributed by atoms with Gasteiger partial charge >= 0.3 is 0 Å². The van der Waals surface area contributed by atoms with E-state index in [9.17, 15) is 4.79 Å². The number of carbonyl (C=O) groups is 1. The van der Waals surface area contributed by atoms with Crippen molar-refractivity contribution in [2.45, 2.75) is 13.0 Å². The van der Waals surface area contributed by atoms with E-state index in [4.69, 9.17) is 0 Å². The largest absolute Gasteiger partial charge is 0.333 e. The Morgan fingerprint density at radius 1 is 1.24 bits per heavy atom. The van der Waals surface area contributed by atoms with Crippen LogP contribution in [0.25, 0.3) is 11.0 Å². The Morgan fingerprint density at radius 3 is 2.81 bits per heavy atom. The Bertz CT molecular complexity index is 769. The lowest BCUT2D eigenvalue weighted by Crippen LogP contribution is -2.30. The number of nitrogens with zero attached hydrogens (tertiary/aromatic N) is 5. The van der Waals surface area contributed by atoms with Crippen molar-refractivity contribution in [3.8, 4) is 0 Å². The molecule has 21 heavy (non-hydrogen) atoms. The van der Waals surface area contributed by atoms with Gasteiger partial charge in [0.1, 0.15) is 17.4 Å². The van der Waals surface area contributed by atoms with Crippen LogP contribution in [0.1, 0.15) is 29.0 Å². The molecule has 106 valence electrons. The highest BCUT2D eigenvalue weighted by Gasteiger charge is 2.20. The summed E-state index contributed by atoms with van der Waals surface area (Å²) in [5.41, 5.74) is 2.77. The van der Waals surface area contributed by atoms with E-state index in [1.165, 1.54) is 6.33 Å². The first-order valence-electron chi connectivity index (χ1n) is 6.50. The molecule has 1 N–H and O–H groups in total. The fourth-order valence-electron chi connectivity index (χ4n) is 2.10. The molecule has 1 amide bonds. The summed E-state index contributed by atoms with van der Waals surface area (Å²) in [5.74, 6) is -0.0917. The summed E-state index contributed by atoms with van der Waals surface area (Å²) < 4.78 is 0. The van der Waals surface area contributed by atoms with Gasteiger partial charge in [-0.05, 0) is 31.2 Å². The zero-order valence-corrected chi connectivity index (χ0v) is 11.7. The lowest BCUT2D eigenvalue weighted by atomic mass is 10.1. The van der Waals surface area contributed by atoms with Gasteiger partial charge in [0.05, 0.1) is 11.7 Å². The van der Waals surface area contributed by atoms with Gasteiger partial charge in [-0.25, -0.2) is 9.97 Å². The van der Waals surface area contributed by atoms with Gasteiger partial charge in [0.15, 0.2) is 0 Å². The summed E-state index contributed by atoms with van der Waals surface area (Å²) in [6.45, 7) is 1.93. The number of benzene rings is 1. The minimum absolute atomic E-state index is 0.0917. The quantitative estimate of drug-likeness (QED) is 0.788. The van der Waals surface area contributed by atoms with Crippen LogP contribution < -0.4 is 0 Å². The first kappa shape index (κ1) is 13.2. The van der Waals surface area contributed by atoms with Crippen LogP contribution in [0.2, 0.25) is 0 Å². The standard InChI is InChI=1S/C14H14N6O/c1-9(11-5-6-15-8-16-11)20(2)14(21)10-3-4-12-13(7-10)18-19-17-12/h3-9H,1-2H3,(H,17,18,19)/t9-/m1/s1. The number of aromatic amines is 1. The summed E-state index contributed by atoms with van der Waals surface area (Å²) >= 11 is 0. The van der Waals surface area contributed by atoms with Gasteiger partial charge in [-0.1, -0.05) is 0 Å². The monoisotopic (exact) mass is 282 g/mol. The van der Waals surface area contributed by atoms with Gasteiger partial charge in [-0.3, -0.25) is 4.79 Å². The van der Waals surface area contributed by atoms with Gasteiger partial charge in [-0.15, -0.1) is 0 Å². The number of fused-ring (bicyclic) bond motifs is 1. The summed E-state index contributed by atoms with van der Waals surface area (Å²) in [7, 11) is 1.75. The molecule has 0 unspecified atom stereocenters. The molecule has 3 aromatic rings. The smallest absolute Gasteiger partial charge is 0.254 e. The summed E-state index contributed by atoms with van der Waals surface area (Å²) in [6, 6.07) is 6.90. The van der Waals surface area contributed by atoms with Gasteiger partial charge in [0.25, 0.3) is 5.91 Å². The van der Waals surface area contributed by atoms with Crippen molar-refractivity contribution in [2.75, 3.05) is 7.05 Å². The number of H-pyrrole nitrogens is 1. The third-order valence-corrected chi connectivity index (χ3v) is 3.50. The van der Waals surface area contributed by atoms with Crippen molar-refractivity contribution < 1.29 is 4.79 Å². The molecule has 0 bridgehead atoms. The first-order chi connectivity index (χ1) is 10.2. The fourth-order valence-corrected chi connectivity index (χ4v) is 2.10. The Hall–Kier alpha value is -2.83. The van der Waals surface area contributed by atoms with E-state index in [-0.39, 0.29) is 11.9 Å². The van der Waals surface area contributed by atoms with Crippen LogP contribution in [-0.4, -0.2) is 43.2 Å². The molecule has 0 saturated heterocycles. The van der Waals surface area contributed by atoms with E-state index in [0.717, 1.165) is 11.2 Å². The minimum atomic E-state index is -0.145. The lowest BCUT2D eigenvalue weighted by molar-refractivity contribution is 0.0740. The van der Waals surface area contributed by atoms with Gasteiger partial charge in [0.2, 0.25) is 0 Å². The second-order valence-corrected chi connectivity index (χ2v) is 4.75. The molecule has 0 saturated carbocycles. The molecule has 1 aromatic carbocycles. The van der Waals surface area contributed by atoms with Gasteiger partial charge in [-0.2, -0.15) is 15.4 Å². The second kappa shape index (κ2) is 5.28. The number of amides is 1. The zero-order chi connectivity index (χ0) is 14.8. The predicted octanol–water partition coefficient (Wildman–Crippen LogP) is 1.58. The van der Waals surface area contributed by atoms with E-state index >= 15 is 0 Å². The molecule has 0 aliphatic carbocycles. The third-order valence-electron chi connectivity index (χ3n) is 3.50. The number of nitrogens with one attached hydrogen (secondary N) is 1. The Kier molecular flexibility index (Phi) is 3.31. The van der Waals surface area contributed by atoms with Crippen LogP contribution in [0.4, 0.5) is 0 Å². The molecule has 2 aromatic heterocycles. The van der Waals surface area contributed by atoms with Crippen molar-refractivity contribution in [3.63, 3.8) is 0 Å². The first-order valence-corrected chi connectivity index (χ1v) is 6.50. The maximum Gasteiger partial charge on any atom is 0.254 e. The predicted molar refractivity (Wildman–Crippen MR) is 76.4 cm³/mol. The molecule has 0 fully saturated rings. The van der Waals surface area contributed by atoms with E-state index in [1.807, 2.05) is 6.92 Å². The average molecular weight is 282 g/mol. The third kappa shape index (κ3) is 2.45. The Morgan fingerprint density at radius 2 is 2.05 bits per heavy atom. The number of rotatable bonds is 3. The number of hydrogen-bond acceptors (Lipinski definition) is 5. The van der Waals surface area contributed by atoms with E-state index in [0.29, 0.717) is 11.1 Å². The van der Waals surface area contributed by atoms with Crippen molar-refractivity contribution in [2.24, 2.45) is 0 Å². The highest BCUT2D eigenvalue weighted by atomic mass is 16.2. The normalized spacial score (nSPS) is 12.3. The van der Waals surface area contributed by atoms with E-state index < -0.39 is 0 Å². The van der Waals surface area contributed by atoms with Crippen LogP contribution >= 0.6 is 0 Å².